The predicted octanol–water partition coefficient (Wildman–Crippen LogP) is 1.06. The summed E-state index contributed by atoms with van der Waals surface area (Å²) in [6, 6.07) is 5.87. The molecule has 0 amide bonds. The molecular formula is C10H12BFO2. The molecule has 0 bridgehead atoms. The third-order valence-corrected chi connectivity index (χ3v) is 2.01. The summed E-state index contributed by atoms with van der Waals surface area (Å²) in [5.74, 6) is -0.917. The Kier molecular flexibility index (Phi) is 3.68. The van der Waals surface area contributed by atoms with Crippen molar-refractivity contribution in [1.29, 1.82) is 0 Å². The van der Waals surface area contributed by atoms with Crippen molar-refractivity contribution in [1.82, 2.24) is 0 Å². The highest BCUT2D eigenvalue weighted by Gasteiger charge is 2.15. The number of carbonyl (C=O) groups is 1. The molecule has 0 heterocycles. The van der Waals surface area contributed by atoms with E-state index in [0.29, 0.717) is 6.61 Å². The van der Waals surface area contributed by atoms with Crippen LogP contribution in [0.2, 0.25) is 0 Å². The van der Waals surface area contributed by atoms with Gasteiger partial charge in [-0.1, -0.05) is 12.1 Å². The molecule has 1 aromatic carbocycles. The molecule has 0 aromatic heterocycles. The minimum atomic E-state index is -0.337. The summed E-state index contributed by atoms with van der Waals surface area (Å²) >= 11 is 0. The van der Waals surface area contributed by atoms with Crippen LogP contribution in [-0.2, 0) is 9.53 Å². The van der Waals surface area contributed by atoms with Gasteiger partial charge in [-0.3, -0.25) is 4.79 Å². The van der Waals surface area contributed by atoms with Gasteiger partial charge >= 0.3 is 5.97 Å². The molecule has 1 rings (SSSR count). The number of rotatable bonds is 3. The number of halogens is 1. The number of benzene rings is 1. The Balaban J connectivity index is 2.73. The molecule has 0 spiro atoms. The Morgan fingerprint density at radius 3 is 2.57 bits per heavy atom. The van der Waals surface area contributed by atoms with Crippen molar-refractivity contribution in [3.8, 4) is 0 Å². The van der Waals surface area contributed by atoms with Crippen molar-refractivity contribution in [2.24, 2.45) is 0 Å². The summed E-state index contributed by atoms with van der Waals surface area (Å²) in [6.45, 7) is 2.12. The molecule has 74 valence electrons. The van der Waals surface area contributed by atoms with Crippen LogP contribution < -0.4 is 0 Å². The maximum absolute atomic E-state index is 12.6. The van der Waals surface area contributed by atoms with Crippen molar-refractivity contribution in [3.63, 3.8) is 0 Å². The van der Waals surface area contributed by atoms with E-state index in [1.54, 1.807) is 26.9 Å². The summed E-state index contributed by atoms with van der Waals surface area (Å²) in [5, 5.41) is 0. The molecule has 1 atom stereocenters. The molecule has 0 fully saturated rings. The Morgan fingerprint density at radius 2 is 2.07 bits per heavy atom. The van der Waals surface area contributed by atoms with Crippen molar-refractivity contribution >= 4 is 13.8 Å². The van der Waals surface area contributed by atoms with Crippen LogP contribution in [0.5, 0.6) is 0 Å². The fraction of sp³-hybridized carbons (Fsp3) is 0.300. The molecule has 0 N–H and O–H groups in total. The quantitative estimate of drug-likeness (QED) is 0.531. The van der Waals surface area contributed by atoms with E-state index in [0.717, 1.165) is 5.56 Å². The molecule has 1 aromatic rings. The molecule has 14 heavy (non-hydrogen) atoms. The maximum Gasteiger partial charge on any atom is 0.305 e. The SMILES string of the molecule is BC(C(=O)OCC)c1ccc(F)cc1. The lowest BCUT2D eigenvalue weighted by Gasteiger charge is -2.10. The fourth-order valence-corrected chi connectivity index (χ4v) is 1.15. The monoisotopic (exact) mass is 194 g/mol. The standard InChI is InChI=1S/C10H12BFO2/c1-2-14-10(13)9(11)7-3-5-8(12)6-4-7/h3-6,9H,2,11H2,1H3. The molecular weight excluding hydrogens is 182 g/mol. The van der Waals surface area contributed by atoms with Gasteiger partial charge in [-0.05, 0) is 24.6 Å². The van der Waals surface area contributed by atoms with Crippen molar-refractivity contribution in [2.45, 2.75) is 12.7 Å². The van der Waals surface area contributed by atoms with Crippen molar-refractivity contribution < 1.29 is 13.9 Å². The first-order valence-electron chi connectivity index (χ1n) is 4.57. The molecule has 1 unspecified atom stereocenters. The number of hydrogen-bond acceptors (Lipinski definition) is 2. The second-order valence-corrected chi connectivity index (χ2v) is 3.03. The molecule has 0 radical (unpaired) electrons. The average molecular weight is 194 g/mol. The Labute approximate surface area is 83.5 Å². The number of hydrogen-bond donors (Lipinski definition) is 0. The van der Waals surface area contributed by atoms with Gasteiger partial charge in [0.05, 0.1) is 12.4 Å². The molecule has 0 aliphatic carbocycles. The van der Waals surface area contributed by atoms with Crippen LogP contribution in [-0.4, -0.2) is 20.4 Å². The van der Waals surface area contributed by atoms with Gasteiger partial charge < -0.3 is 4.74 Å². The molecule has 2 nitrogen and oxygen atoms in total. The zero-order valence-corrected chi connectivity index (χ0v) is 8.29. The zero-order valence-electron chi connectivity index (χ0n) is 8.29. The lowest BCUT2D eigenvalue weighted by atomic mass is 9.81. The highest BCUT2D eigenvalue weighted by Crippen LogP contribution is 2.14. The minimum absolute atomic E-state index is 0.279. The number of ether oxygens (including phenoxy) is 1. The lowest BCUT2D eigenvalue weighted by Crippen LogP contribution is -2.15. The molecule has 0 saturated heterocycles. The predicted molar refractivity (Wildman–Crippen MR) is 54.3 cm³/mol. The van der Waals surface area contributed by atoms with E-state index in [1.165, 1.54) is 12.1 Å². The Morgan fingerprint density at radius 1 is 1.50 bits per heavy atom. The normalized spacial score (nSPS) is 12.1. The minimum Gasteiger partial charge on any atom is -0.466 e. The van der Waals surface area contributed by atoms with Crippen molar-refractivity contribution in [2.75, 3.05) is 6.61 Å². The van der Waals surface area contributed by atoms with Crippen LogP contribution in [0.15, 0.2) is 24.3 Å². The molecule has 0 aliphatic heterocycles. The third kappa shape index (κ3) is 2.59. The summed E-state index contributed by atoms with van der Waals surface area (Å²) in [6.07, 6.45) is 0. The van der Waals surface area contributed by atoms with Gasteiger partial charge in [0.2, 0.25) is 0 Å². The third-order valence-electron chi connectivity index (χ3n) is 2.01. The highest BCUT2D eigenvalue weighted by atomic mass is 19.1. The molecule has 0 aliphatic rings. The molecule has 4 heteroatoms. The largest absolute Gasteiger partial charge is 0.466 e. The van der Waals surface area contributed by atoms with Gasteiger partial charge in [0.1, 0.15) is 13.7 Å². The van der Waals surface area contributed by atoms with Gasteiger partial charge in [-0.15, -0.1) is 0 Å². The number of esters is 1. The Bertz CT molecular complexity index is 310. The summed E-state index contributed by atoms with van der Waals surface area (Å²) in [7, 11) is 1.74. The van der Waals surface area contributed by atoms with Crippen LogP contribution in [0.4, 0.5) is 4.39 Å². The van der Waals surface area contributed by atoms with E-state index < -0.39 is 0 Å². The topological polar surface area (TPSA) is 26.3 Å². The fourth-order valence-electron chi connectivity index (χ4n) is 1.15. The van der Waals surface area contributed by atoms with E-state index in [1.807, 2.05) is 0 Å². The van der Waals surface area contributed by atoms with Gasteiger partial charge in [-0.25, -0.2) is 4.39 Å². The van der Waals surface area contributed by atoms with Crippen molar-refractivity contribution in [3.05, 3.63) is 35.6 Å². The second kappa shape index (κ2) is 4.79. The smallest absolute Gasteiger partial charge is 0.305 e. The van der Waals surface area contributed by atoms with Crippen LogP contribution in [0, 0.1) is 5.82 Å². The summed E-state index contributed by atoms with van der Waals surface area (Å²) in [4.78, 5) is 11.3. The summed E-state index contributed by atoms with van der Waals surface area (Å²) in [5.41, 5.74) is 0.768. The van der Waals surface area contributed by atoms with E-state index >= 15 is 0 Å². The van der Waals surface area contributed by atoms with E-state index in [2.05, 4.69) is 0 Å². The first-order valence-corrected chi connectivity index (χ1v) is 4.57. The summed E-state index contributed by atoms with van der Waals surface area (Å²) < 4.78 is 17.4. The van der Waals surface area contributed by atoms with Crippen LogP contribution >= 0.6 is 0 Å². The van der Waals surface area contributed by atoms with Gasteiger partial charge in [0.25, 0.3) is 0 Å². The van der Waals surface area contributed by atoms with Crippen LogP contribution in [0.1, 0.15) is 18.3 Å². The maximum atomic E-state index is 12.6. The van der Waals surface area contributed by atoms with Crippen LogP contribution in [0.3, 0.4) is 0 Å². The second-order valence-electron chi connectivity index (χ2n) is 3.03. The average Bonchev–Trinajstić information content (AvgIpc) is 2.18. The number of carbonyl (C=O) groups excluding carboxylic acids is 1. The van der Waals surface area contributed by atoms with Gasteiger partial charge in [0.15, 0.2) is 0 Å². The van der Waals surface area contributed by atoms with E-state index in [9.17, 15) is 9.18 Å². The first-order chi connectivity index (χ1) is 6.65. The van der Waals surface area contributed by atoms with E-state index in [-0.39, 0.29) is 17.6 Å². The first kappa shape index (κ1) is 10.8. The highest BCUT2D eigenvalue weighted by molar-refractivity contribution is 6.23. The zero-order chi connectivity index (χ0) is 10.6. The van der Waals surface area contributed by atoms with E-state index in [4.69, 9.17) is 4.74 Å². The van der Waals surface area contributed by atoms with Crippen LogP contribution in [0.25, 0.3) is 0 Å². The Hall–Kier alpha value is -1.32. The van der Waals surface area contributed by atoms with Gasteiger partial charge in [0, 0.05) is 0 Å². The molecule has 0 saturated carbocycles. The van der Waals surface area contributed by atoms with Gasteiger partial charge in [-0.2, -0.15) is 0 Å². The lowest BCUT2D eigenvalue weighted by molar-refractivity contribution is -0.142.